The zero-order valence-electron chi connectivity index (χ0n) is 4.50. The summed E-state index contributed by atoms with van der Waals surface area (Å²) in [5.41, 5.74) is 2.62. The Morgan fingerprint density at radius 3 is 2.78 bits per heavy atom. The van der Waals surface area contributed by atoms with Crippen LogP contribution in [0.3, 0.4) is 0 Å². The molecule has 0 aliphatic carbocycles. The molecule has 0 aromatic carbocycles. The van der Waals surface area contributed by atoms with Crippen LogP contribution in [-0.2, 0) is 0 Å². The first-order valence-electron chi connectivity index (χ1n) is 2.18. The maximum Gasteiger partial charge on any atom is 0.362 e. The van der Waals surface area contributed by atoms with E-state index in [1.807, 2.05) is 5.29 Å². The summed E-state index contributed by atoms with van der Waals surface area (Å²) in [4.78, 5) is 19.4. The number of hydrogen-bond donors (Lipinski definition) is 1. The smallest absolute Gasteiger partial charge is 0.334 e. The van der Waals surface area contributed by atoms with Gasteiger partial charge in [0.15, 0.2) is 0 Å². The highest BCUT2D eigenvalue weighted by molar-refractivity contribution is 6.18. The van der Waals surface area contributed by atoms with E-state index in [-0.39, 0.29) is 0 Å². The molecule has 0 spiro atoms. The molecular formula is C3H5ClN3O2. The molecule has 0 aromatic heterocycles. The molecule has 0 saturated carbocycles. The molecule has 6 heteroatoms. The lowest BCUT2D eigenvalue weighted by molar-refractivity contribution is 0.241. The molecule has 0 bridgehead atoms. The number of hydrogen-bond acceptors (Lipinski definition) is 3. The molecule has 2 amide bonds. The SMILES string of the molecule is O=N[N]C(=O)NCCCl. The number of halogens is 1. The van der Waals surface area contributed by atoms with Crippen molar-refractivity contribution in [1.82, 2.24) is 10.7 Å². The van der Waals surface area contributed by atoms with Crippen LogP contribution in [0.1, 0.15) is 0 Å². The van der Waals surface area contributed by atoms with Crippen molar-refractivity contribution in [2.75, 3.05) is 12.4 Å². The minimum absolute atomic E-state index is 0.291. The quantitative estimate of drug-likeness (QED) is 0.355. The van der Waals surface area contributed by atoms with E-state index in [9.17, 15) is 9.70 Å². The van der Waals surface area contributed by atoms with E-state index in [0.29, 0.717) is 12.4 Å². The number of nitrogens with zero attached hydrogens (tertiary/aromatic N) is 2. The number of amides is 2. The van der Waals surface area contributed by atoms with Crippen LogP contribution in [0.15, 0.2) is 5.29 Å². The Bertz CT molecular complexity index is 107. The third-order valence-electron chi connectivity index (χ3n) is 0.502. The lowest BCUT2D eigenvalue weighted by atomic mass is 10.7. The van der Waals surface area contributed by atoms with Gasteiger partial charge in [-0.05, 0) is 0 Å². The normalized spacial score (nSPS) is 8.11. The Morgan fingerprint density at radius 2 is 2.33 bits per heavy atom. The van der Waals surface area contributed by atoms with Gasteiger partial charge in [0.1, 0.15) is 0 Å². The lowest BCUT2D eigenvalue weighted by Gasteiger charge is -1.93. The molecule has 0 saturated heterocycles. The van der Waals surface area contributed by atoms with Crippen LogP contribution in [0.2, 0.25) is 0 Å². The summed E-state index contributed by atoms with van der Waals surface area (Å²) < 4.78 is 0. The summed E-state index contributed by atoms with van der Waals surface area (Å²) in [7, 11) is 0. The van der Waals surface area contributed by atoms with Gasteiger partial charge in [-0.25, -0.2) is 4.79 Å². The zero-order valence-corrected chi connectivity index (χ0v) is 5.26. The van der Waals surface area contributed by atoms with Gasteiger partial charge in [-0.1, -0.05) is 5.43 Å². The number of carbonyl (C=O) groups is 1. The topological polar surface area (TPSA) is 72.6 Å². The summed E-state index contributed by atoms with van der Waals surface area (Å²) in [5.74, 6) is 0.292. The number of urea groups is 1. The van der Waals surface area contributed by atoms with Gasteiger partial charge >= 0.3 is 6.03 Å². The van der Waals surface area contributed by atoms with Gasteiger partial charge < -0.3 is 5.32 Å². The predicted molar refractivity (Wildman–Crippen MR) is 32.0 cm³/mol. The second kappa shape index (κ2) is 5.30. The third kappa shape index (κ3) is 5.02. The molecule has 0 fully saturated rings. The van der Waals surface area contributed by atoms with Crippen molar-refractivity contribution in [1.29, 1.82) is 0 Å². The van der Waals surface area contributed by atoms with Crippen LogP contribution in [0.4, 0.5) is 4.79 Å². The van der Waals surface area contributed by atoms with Crippen molar-refractivity contribution in [2.24, 2.45) is 5.29 Å². The van der Waals surface area contributed by atoms with Crippen molar-refractivity contribution < 1.29 is 4.79 Å². The largest absolute Gasteiger partial charge is 0.362 e. The van der Waals surface area contributed by atoms with Crippen LogP contribution in [0.5, 0.6) is 0 Å². The first-order chi connectivity index (χ1) is 4.31. The standard InChI is InChI=1S/C3H5ClN3O2/c4-1-2-5-3(8)6-7-9/h1-2H2,(H,5,8). The molecule has 0 rings (SSSR count). The second-order valence-electron chi connectivity index (χ2n) is 1.10. The van der Waals surface area contributed by atoms with Gasteiger partial charge in [-0.3, -0.25) is 0 Å². The van der Waals surface area contributed by atoms with Crippen molar-refractivity contribution in [3.05, 3.63) is 4.91 Å². The molecule has 51 valence electrons. The Morgan fingerprint density at radius 1 is 1.67 bits per heavy atom. The molecule has 1 N–H and O–H groups in total. The Hall–Kier alpha value is -0.840. The number of alkyl halides is 1. The van der Waals surface area contributed by atoms with Gasteiger partial charge in [0.2, 0.25) is 0 Å². The van der Waals surface area contributed by atoms with E-state index in [4.69, 9.17) is 11.6 Å². The van der Waals surface area contributed by atoms with Crippen molar-refractivity contribution in [2.45, 2.75) is 0 Å². The Kier molecular flexibility index (Phi) is 4.81. The first-order valence-corrected chi connectivity index (χ1v) is 2.72. The molecule has 0 aromatic rings. The van der Waals surface area contributed by atoms with Crippen molar-refractivity contribution in [3.63, 3.8) is 0 Å². The van der Waals surface area contributed by atoms with Crippen molar-refractivity contribution in [3.8, 4) is 0 Å². The maximum absolute atomic E-state index is 10.2. The van der Waals surface area contributed by atoms with E-state index >= 15 is 0 Å². The van der Waals surface area contributed by atoms with E-state index in [2.05, 4.69) is 10.7 Å². The molecule has 0 unspecified atom stereocenters. The summed E-state index contributed by atoms with van der Waals surface area (Å²) >= 11 is 5.18. The average Bonchev–Trinajstić information content (AvgIpc) is 1.85. The zero-order chi connectivity index (χ0) is 7.11. The Balaban J connectivity index is 3.16. The number of nitrogens with one attached hydrogen (secondary N) is 1. The predicted octanol–water partition coefficient (Wildman–Crippen LogP) is 0.221. The minimum Gasteiger partial charge on any atom is -0.334 e. The molecular weight excluding hydrogens is 146 g/mol. The number of rotatable bonds is 3. The number of carbonyl (C=O) groups excluding carboxylic acids is 1. The van der Waals surface area contributed by atoms with Gasteiger partial charge in [0, 0.05) is 12.4 Å². The van der Waals surface area contributed by atoms with Crippen LogP contribution in [0.25, 0.3) is 0 Å². The molecule has 1 radical (unpaired) electrons. The third-order valence-corrected chi connectivity index (χ3v) is 0.691. The van der Waals surface area contributed by atoms with E-state index in [1.165, 1.54) is 0 Å². The minimum atomic E-state index is -0.759. The summed E-state index contributed by atoms with van der Waals surface area (Å²) in [6.07, 6.45) is 0. The highest BCUT2D eigenvalue weighted by atomic mass is 35.5. The molecule has 0 atom stereocenters. The van der Waals surface area contributed by atoms with Gasteiger partial charge in [0.25, 0.3) is 0 Å². The van der Waals surface area contributed by atoms with Gasteiger partial charge in [-0.15, -0.1) is 16.5 Å². The van der Waals surface area contributed by atoms with E-state index < -0.39 is 6.03 Å². The highest BCUT2D eigenvalue weighted by Gasteiger charge is 1.97. The number of nitroso groups, excluding NO2 is 1. The monoisotopic (exact) mass is 150 g/mol. The molecule has 0 aliphatic heterocycles. The van der Waals surface area contributed by atoms with Gasteiger partial charge in [-0.2, -0.15) is 0 Å². The summed E-state index contributed by atoms with van der Waals surface area (Å²) in [6, 6.07) is -0.759. The summed E-state index contributed by atoms with van der Waals surface area (Å²) in [5, 5.41) is 4.21. The molecule has 0 heterocycles. The first kappa shape index (κ1) is 8.16. The van der Waals surface area contributed by atoms with Crippen LogP contribution in [-0.4, -0.2) is 18.5 Å². The van der Waals surface area contributed by atoms with E-state index in [0.717, 1.165) is 0 Å². The van der Waals surface area contributed by atoms with Crippen LogP contribution in [0, 0.1) is 4.91 Å². The molecule has 0 aliphatic rings. The fourth-order valence-corrected chi connectivity index (χ4v) is 0.321. The fourth-order valence-electron chi connectivity index (χ4n) is 0.227. The maximum atomic E-state index is 10.2. The van der Waals surface area contributed by atoms with Crippen LogP contribution < -0.4 is 10.7 Å². The molecule has 9 heavy (non-hydrogen) atoms. The lowest BCUT2D eigenvalue weighted by Crippen LogP contribution is -2.29. The van der Waals surface area contributed by atoms with Crippen LogP contribution >= 0.6 is 11.6 Å². The van der Waals surface area contributed by atoms with Gasteiger partial charge in [0.05, 0.1) is 5.29 Å². The van der Waals surface area contributed by atoms with E-state index in [1.54, 1.807) is 0 Å². The average molecular weight is 151 g/mol. The fraction of sp³-hybridized carbons (Fsp3) is 0.667. The Labute approximate surface area is 56.7 Å². The summed E-state index contributed by atoms with van der Waals surface area (Å²) in [6.45, 7) is 0.291. The highest BCUT2D eigenvalue weighted by Crippen LogP contribution is 1.71. The van der Waals surface area contributed by atoms with Crippen molar-refractivity contribution >= 4 is 17.6 Å². The second-order valence-corrected chi connectivity index (χ2v) is 1.48. The molecule has 5 nitrogen and oxygen atoms in total.